The topological polar surface area (TPSA) is 76.2 Å². The molecule has 0 saturated carbocycles. The second-order valence-corrected chi connectivity index (χ2v) is 7.00. The van der Waals surface area contributed by atoms with Crippen molar-refractivity contribution in [1.82, 2.24) is 15.5 Å². The number of H-pyrrole nitrogens is 1. The first-order valence-electron chi connectivity index (χ1n) is 9.67. The molecule has 1 heterocycles. The molecule has 0 saturated heterocycles. The van der Waals surface area contributed by atoms with E-state index in [0.717, 1.165) is 27.6 Å². The molecule has 2 N–H and O–H groups in total. The van der Waals surface area contributed by atoms with Crippen molar-refractivity contribution in [2.45, 2.75) is 13.0 Å². The minimum Gasteiger partial charge on any atom is -0.493 e. The highest BCUT2D eigenvalue weighted by atomic mass is 16.5. The summed E-state index contributed by atoms with van der Waals surface area (Å²) in [6, 6.07) is 21.3. The molecule has 0 spiro atoms. The maximum absolute atomic E-state index is 12.8. The number of hydrogen-bond donors (Lipinski definition) is 2. The molecule has 0 aliphatic heterocycles. The summed E-state index contributed by atoms with van der Waals surface area (Å²) in [6.45, 7) is 1.92. The van der Waals surface area contributed by atoms with E-state index in [2.05, 4.69) is 33.7 Å². The molecule has 0 aliphatic rings. The number of ether oxygens (including phenoxy) is 2. The third kappa shape index (κ3) is 3.72. The minimum atomic E-state index is -0.226. The van der Waals surface area contributed by atoms with Crippen molar-refractivity contribution >= 4 is 16.7 Å². The van der Waals surface area contributed by atoms with E-state index in [1.165, 1.54) is 0 Å². The Kier molecular flexibility index (Phi) is 5.39. The van der Waals surface area contributed by atoms with E-state index in [0.29, 0.717) is 17.2 Å². The monoisotopic (exact) mass is 401 g/mol. The summed E-state index contributed by atoms with van der Waals surface area (Å²) < 4.78 is 10.6. The molecule has 0 bridgehead atoms. The van der Waals surface area contributed by atoms with Gasteiger partial charge in [-0.2, -0.15) is 5.10 Å². The average molecular weight is 401 g/mol. The van der Waals surface area contributed by atoms with Crippen LogP contribution in [0.3, 0.4) is 0 Å². The molecule has 4 aromatic rings. The second kappa shape index (κ2) is 8.29. The van der Waals surface area contributed by atoms with Crippen molar-refractivity contribution in [2.24, 2.45) is 0 Å². The van der Waals surface area contributed by atoms with Crippen LogP contribution in [0, 0.1) is 0 Å². The van der Waals surface area contributed by atoms with Crippen LogP contribution in [0.1, 0.15) is 29.0 Å². The molecular weight excluding hydrogens is 378 g/mol. The van der Waals surface area contributed by atoms with Crippen LogP contribution in [0.2, 0.25) is 0 Å². The Labute approximate surface area is 174 Å². The number of fused-ring (bicyclic) bond motifs is 1. The number of hydrogen-bond acceptors (Lipinski definition) is 4. The van der Waals surface area contributed by atoms with Crippen molar-refractivity contribution in [3.8, 4) is 22.8 Å². The average Bonchev–Trinajstić information content (AvgIpc) is 3.28. The number of nitrogens with one attached hydrogen (secondary N) is 2. The molecule has 3 aromatic carbocycles. The summed E-state index contributed by atoms with van der Waals surface area (Å²) in [5.74, 6) is 1.04. The molecule has 0 radical (unpaired) electrons. The molecule has 152 valence electrons. The maximum atomic E-state index is 12.8. The predicted octanol–water partition coefficient (Wildman–Crippen LogP) is 4.74. The van der Waals surface area contributed by atoms with Crippen LogP contribution < -0.4 is 14.8 Å². The first-order chi connectivity index (χ1) is 14.6. The number of nitrogens with zero attached hydrogens (tertiary/aromatic N) is 1. The van der Waals surface area contributed by atoms with Crippen LogP contribution >= 0.6 is 0 Å². The van der Waals surface area contributed by atoms with Gasteiger partial charge in [-0.3, -0.25) is 9.89 Å². The van der Waals surface area contributed by atoms with E-state index in [4.69, 9.17) is 9.47 Å². The molecule has 6 nitrogen and oxygen atoms in total. The van der Waals surface area contributed by atoms with Crippen LogP contribution in [0.4, 0.5) is 0 Å². The molecule has 4 rings (SSSR count). The van der Waals surface area contributed by atoms with Gasteiger partial charge in [-0.05, 0) is 41.5 Å². The summed E-state index contributed by atoms with van der Waals surface area (Å²) in [5, 5.41) is 12.4. The van der Waals surface area contributed by atoms with Crippen molar-refractivity contribution in [3.63, 3.8) is 0 Å². The quantitative estimate of drug-likeness (QED) is 0.489. The van der Waals surface area contributed by atoms with Gasteiger partial charge in [0.1, 0.15) is 5.69 Å². The van der Waals surface area contributed by atoms with Crippen LogP contribution in [0.15, 0.2) is 66.7 Å². The largest absolute Gasteiger partial charge is 0.493 e. The first kappa shape index (κ1) is 19.5. The van der Waals surface area contributed by atoms with Crippen LogP contribution in [0.25, 0.3) is 22.0 Å². The van der Waals surface area contributed by atoms with E-state index in [9.17, 15) is 4.79 Å². The number of carbonyl (C=O) groups excluding carboxylic acids is 1. The lowest BCUT2D eigenvalue weighted by atomic mass is 10.0. The van der Waals surface area contributed by atoms with E-state index in [1.54, 1.807) is 20.3 Å². The Morgan fingerprint density at radius 1 is 0.967 bits per heavy atom. The summed E-state index contributed by atoms with van der Waals surface area (Å²) in [7, 11) is 3.18. The zero-order valence-electron chi connectivity index (χ0n) is 17.1. The lowest BCUT2D eigenvalue weighted by Crippen LogP contribution is -2.27. The summed E-state index contributed by atoms with van der Waals surface area (Å²) >= 11 is 0. The fraction of sp³-hybridized carbons (Fsp3) is 0.167. The molecule has 1 amide bonds. The molecule has 1 aromatic heterocycles. The van der Waals surface area contributed by atoms with Gasteiger partial charge in [-0.1, -0.05) is 48.5 Å². The molecular formula is C24H23N3O3. The third-order valence-electron chi connectivity index (χ3n) is 5.14. The van der Waals surface area contributed by atoms with Gasteiger partial charge < -0.3 is 14.8 Å². The molecule has 30 heavy (non-hydrogen) atoms. The molecule has 1 unspecified atom stereocenters. The van der Waals surface area contributed by atoms with Crippen LogP contribution in [0.5, 0.6) is 11.5 Å². The first-order valence-corrected chi connectivity index (χ1v) is 9.67. The normalized spacial score (nSPS) is 11.8. The Morgan fingerprint density at radius 2 is 1.73 bits per heavy atom. The number of methoxy groups -OCH3 is 2. The van der Waals surface area contributed by atoms with E-state index in [1.807, 2.05) is 49.4 Å². The Morgan fingerprint density at radius 3 is 2.53 bits per heavy atom. The predicted molar refractivity (Wildman–Crippen MR) is 117 cm³/mol. The zero-order chi connectivity index (χ0) is 21.1. The summed E-state index contributed by atoms with van der Waals surface area (Å²) in [4.78, 5) is 12.8. The lowest BCUT2D eigenvalue weighted by Gasteiger charge is -2.16. The fourth-order valence-electron chi connectivity index (χ4n) is 3.50. The highest BCUT2D eigenvalue weighted by Crippen LogP contribution is 2.30. The van der Waals surface area contributed by atoms with Gasteiger partial charge in [-0.25, -0.2) is 0 Å². The summed E-state index contributed by atoms with van der Waals surface area (Å²) in [6.07, 6.45) is 0. The van der Waals surface area contributed by atoms with Crippen LogP contribution in [-0.2, 0) is 0 Å². The SMILES string of the molecule is COc1ccc(C(C)NC(=O)c2cc(-c3cccc4ccccc34)n[nH]2)cc1OC. The van der Waals surface area contributed by atoms with Gasteiger partial charge in [-0.15, -0.1) is 0 Å². The highest BCUT2D eigenvalue weighted by molar-refractivity contribution is 5.98. The van der Waals surface area contributed by atoms with Crippen molar-refractivity contribution < 1.29 is 14.3 Å². The van der Waals surface area contributed by atoms with Crippen molar-refractivity contribution in [2.75, 3.05) is 14.2 Å². The number of carbonyl (C=O) groups is 1. The number of amides is 1. The second-order valence-electron chi connectivity index (χ2n) is 7.00. The number of aromatic nitrogens is 2. The Balaban J connectivity index is 1.54. The maximum Gasteiger partial charge on any atom is 0.269 e. The standard InChI is InChI=1S/C24H23N3O3/c1-15(17-11-12-22(29-2)23(13-17)30-3)25-24(28)21-14-20(26-27-21)19-10-6-8-16-7-4-5-9-18(16)19/h4-15H,1-3H3,(H,25,28)(H,26,27). The third-order valence-corrected chi connectivity index (χ3v) is 5.14. The van der Waals surface area contributed by atoms with Crippen LogP contribution in [-0.4, -0.2) is 30.3 Å². The molecule has 1 atom stereocenters. The smallest absolute Gasteiger partial charge is 0.269 e. The van der Waals surface area contributed by atoms with Crippen molar-refractivity contribution in [1.29, 1.82) is 0 Å². The van der Waals surface area contributed by atoms with E-state index < -0.39 is 0 Å². The van der Waals surface area contributed by atoms with Gasteiger partial charge in [0.05, 0.1) is 26.0 Å². The number of rotatable bonds is 6. The molecule has 0 aliphatic carbocycles. The van der Waals surface area contributed by atoms with Gasteiger partial charge in [0.2, 0.25) is 0 Å². The van der Waals surface area contributed by atoms with Gasteiger partial charge in [0.25, 0.3) is 5.91 Å². The van der Waals surface area contributed by atoms with Gasteiger partial charge >= 0.3 is 0 Å². The van der Waals surface area contributed by atoms with Gasteiger partial charge in [0.15, 0.2) is 11.5 Å². The fourth-order valence-corrected chi connectivity index (χ4v) is 3.50. The number of aromatic amines is 1. The molecule has 0 fully saturated rings. The lowest BCUT2D eigenvalue weighted by molar-refractivity contribution is 0.0934. The number of benzene rings is 3. The zero-order valence-corrected chi connectivity index (χ0v) is 17.1. The Hall–Kier alpha value is -3.80. The highest BCUT2D eigenvalue weighted by Gasteiger charge is 2.17. The summed E-state index contributed by atoms with van der Waals surface area (Å²) in [5.41, 5.74) is 3.03. The molecule has 6 heteroatoms. The minimum absolute atomic E-state index is 0.221. The van der Waals surface area contributed by atoms with E-state index in [-0.39, 0.29) is 11.9 Å². The van der Waals surface area contributed by atoms with Crippen molar-refractivity contribution in [3.05, 3.63) is 78.0 Å². The van der Waals surface area contributed by atoms with E-state index >= 15 is 0 Å². The Bertz CT molecular complexity index is 1190. The van der Waals surface area contributed by atoms with Gasteiger partial charge in [0, 0.05) is 5.56 Å².